The summed E-state index contributed by atoms with van der Waals surface area (Å²) in [4.78, 5) is 15.7. The molecule has 0 radical (unpaired) electrons. The maximum absolute atomic E-state index is 13.2. The summed E-state index contributed by atoms with van der Waals surface area (Å²) in [5.74, 6) is 0.406. The number of halogens is 2. The molecular weight excluding hydrogens is 283 g/mol. The number of rotatable bonds is 3. The molecule has 1 saturated carbocycles. The Morgan fingerprint density at radius 1 is 1.50 bits per heavy atom. The molecule has 1 fully saturated rings. The lowest BCUT2D eigenvalue weighted by Crippen LogP contribution is -2.41. The summed E-state index contributed by atoms with van der Waals surface area (Å²) in [5.41, 5.74) is 0.359. The van der Waals surface area contributed by atoms with Crippen molar-refractivity contribution in [2.75, 3.05) is 18.9 Å². The standard InChI is InChI=1S/C13H16ClFN4O/c1-16-13(20)19-12(17-7-8-2-3-8)18-11-6-9(15)4-5-10(11)14/h4-6,8H,2-3,7H2,1H3,(H3,16,17,18,19,20). The Hall–Kier alpha value is -1.82. The molecule has 3 N–H and O–H groups in total. The normalized spacial score (nSPS) is 14.8. The van der Waals surface area contributed by atoms with E-state index in [4.69, 9.17) is 11.6 Å². The van der Waals surface area contributed by atoms with Gasteiger partial charge in [0.25, 0.3) is 0 Å². The Bertz CT molecular complexity index is 531. The molecule has 0 spiro atoms. The van der Waals surface area contributed by atoms with Crippen LogP contribution in [0.5, 0.6) is 0 Å². The molecule has 0 heterocycles. The van der Waals surface area contributed by atoms with Crippen LogP contribution in [0.15, 0.2) is 23.2 Å². The van der Waals surface area contributed by atoms with E-state index in [9.17, 15) is 9.18 Å². The Morgan fingerprint density at radius 3 is 2.90 bits per heavy atom. The topological polar surface area (TPSA) is 65.5 Å². The molecule has 0 unspecified atom stereocenters. The molecule has 1 aliphatic carbocycles. The fraction of sp³-hybridized carbons (Fsp3) is 0.385. The number of hydrogen-bond donors (Lipinski definition) is 3. The van der Waals surface area contributed by atoms with Crippen molar-refractivity contribution in [3.05, 3.63) is 29.0 Å². The lowest BCUT2D eigenvalue weighted by molar-refractivity contribution is 0.247. The average molecular weight is 299 g/mol. The highest BCUT2D eigenvalue weighted by Crippen LogP contribution is 2.29. The molecule has 0 saturated heterocycles. The van der Waals surface area contributed by atoms with Crippen LogP contribution < -0.4 is 16.0 Å². The van der Waals surface area contributed by atoms with E-state index in [1.165, 1.54) is 25.2 Å². The van der Waals surface area contributed by atoms with E-state index >= 15 is 0 Å². The number of nitrogens with one attached hydrogen (secondary N) is 3. The number of carbonyl (C=O) groups excluding carboxylic acids is 1. The van der Waals surface area contributed by atoms with Gasteiger partial charge in [0.15, 0.2) is 0 Å². The number of amides is 2. The predicted molar refractivity (Wildman–Crippen MR) is 77.7 cm³/mol. The molecule has 0 aromatic heterocycles. The van der Waals surface area contributed by atoms with Gasteiger partial charge in [-0.15, -0.1) is 0 Å². The molecule has 1 aliphatic rings. The molecule has 20 heavy (non-hydrogen) atoms. The second-order valence-corrected chi connectivity index (χ2v) is 4.99. The molecule has 2 rings (SSSR count). The van der Waals surface area contributed by atoms with E-state index in [0.717, 1.165) is 12.8 Å². The van der Waals surface area contributed by atoms with Crippen LogP contribution in [0, 0.1) is 11.7 Å². The summed E-state index contributed by atoms with van der Waals surface area (Å²) in [6, 6.07) is 3.55. The summed E-state index contributed by atoms with van der Waals surface area (Å²) in [6.45, 7) is 0.624. The number of carbonyl (C=O) groups is 1. The number of urea groups is 1. The maximum Gasteiger partial charge on any atom is 0.321 e. The Balaban J connectivity index is 2.10. The first kappa shape index (κ1) is 14.6. The van der Waals surface area contributed by atoms with Crippen molar-refractivity contribution >= 4 is 29.3 Å². The largest absolute Gasteiger partial charge is 0.341 e. The lowest BCUT2D eigenvalue weighted by Gasteiger charge is -2.12. The summed E-state index contributed by atoms with van der Waals surface area (Å²) < 4.78 is 13.2. The summed E-state index contributed by atoms with van der Waals surface area (Å²) in [6.07, 6.45) is 2.30. The molecule has 108 valence electrons. The van der Waals surface area contributed by atoms with Gasteiger partial charge in [0.05, 0.1) is 10.7 Å². The van der Waals surface area contributed by atoms with E-state index < -0.39 is 11.8 Å². The molecule has 7 heteroatoms. The Morgan fingerprint density at radius 2 is 2.25 bits per heavy atom. The predicted octanol–water partition coefficient (Wildman–Crippen LogP) is 2.59. The van der Waals surface area contributed by atoms with E-state index in [-0.39, 0.29) is 5.96 Å². The van der Waals surface area contributed by atoms with Crippen LogP contribution >= 0.6 is 11.6 Å². The summed E-state index contributed by atoms with van der Waals surface area (Å²) >= 11 is 5.97. The van der Waals surface area contributed by atoms with Crippen molar-refractivity contribution in [3.63, 3.8) is 0 Å². The molecule has 0 bridgehead atoms. The lowest BCUT2D eigenvalue weighted by atomic mass is 10.3. The minimum atomic E-state index is -0.418. The van der Waals surface area contributed by atoms with Gasteiger partial charge in [-0.1, -0.05) is 11.6 Å². The molecule has 1 aromatic carbocycles. The summed E-state index contributed by atoms with van der Waals surface area (Å²) in [7, 11) is 1.50. The molecule has 0 aliphatic heterocycles. The van der Waals surface area contributed by atoms with Crippen molar-refractivity contribution in [2.24, 2.45) is 10.9 Å². The third-order valence-corrected chi connectivity index (χ3v) is 3.17. The highest BCUT2D eigenvalue weighted by atomic mass is 35.5. The van der Waals surface area contributed by atoms with Crippen molar-refractivity contribution in [1.82, 2.24) is 10.6 Å². The Labute approximate surface area is 121 Å². The van der Waals surface area contributed by atoms with Crippen LogP contribution in [-0.4, -0.2) is 25.6 Å². The zero-order valence-corrected chi connectivity index (χ0v) is 11.8. The number of guanidine groups is 1. The van der Waals surface area contributed by atoms with Crippen molar-refractivity contribution in [2.45, 2.75) is 12.8 Å². The monoisotopic (exact) mass is 298 g/mol. The van der Waals surface area contributed by atoms with Crippen molar-refractivity contribution in [1.29, 1.82) is 0 Å². The third kappa shape index (κ3) is 4.38. The quantitative estimate of drug-likeness (QED) is 0.593. The highest BCUT2D eigenvalue weighted by molar-refractivity contribution is 6.33. The van der Waals surface area contributed by atoms with Crippen LogP contribution in [0.2, 0.25) is 5.02 Å². The van der Waals surface area contributed by atoms with Gasteiger partial charge in [-0.25, -0.2) is 9.18 Å². The van der Waals surface area contributed by atoms with Crippen LogP contribution in [0.3, 0.4) is 0 Å². The van der Waals surface area contributed by atoms with Crippen LogP contribution in [0.1, 0.15) is 12.8 Å². The highest BCUT2D eigenvalue weighted by Gasteiger charge is 2.21. The van der Waals surface area contributed by atoms with Gasteiger partial charge in [-0.3, -0.25) is 10.3 Å². The Kier molecular flexibility index (Phi) is 4.79. The van der Waals surface area contributed by atoms with Crippen molar-refractivity contribution in [3.8, 4) is 0 Å². The summed E-state index contributed by atoms with van der Waals surface area (Å²) in [5, 5.41) is 8.18. The van der Waals surface area contributed by atoms with Gasteiger partial charge >= 0.3 is 6.03 Å². The maximum atomic E-state index is 13.2. The van der Waals surface area contributed by atoms with E-state index in [1.54, 1.807) is 0 Å². The van der Waals surface area contributed by atoms with Crippen LogP contribution in [0.4, 0.5) is 14.9 Å². The van der Waals surface area contributed by atoms with E-state index in [2.05, 4.69) is 20.9 Å². The SMILES string of the molecule is CNC(=O)NC(=NCC1CC1)Nc1cc(F)ccc1Cl. The fourth-order valence-electron chi connectivity index (χ4n) is 1.52. The van der Waals surface area contributed by atoms with Gasteiger partial charge in [0.1, 0.15) is 5.82 Å². The van der Waals surface area contributed by atoms with Gasteiger partial charge in [-0.05, 0) is 37.0 Å². The third-order valence-electron chi connectivity index (χ3n) is 2.84. The first-order chi connectivity index (χ1) is 9.58. The molecule has 5 nitrogen and oxygen atoms in total. The van der Waals surface area contributed by atoms with Gasteiger partial charge < -0.3 is 10.6 Å². The second kappa shape index (κ2) is 6.56. The van der Waals surface area contributed by atoms with Crippen LogP contribution in [0.25, 0.3) is 0 Å². The molecular formula is C13H16ClFN4O. The zero-order valence-electron chi connectivity index (χ0n) is 11.0. The van der Waals surface area contributed by atoms with Gasteiger partial charge in [0, 0.05) is 13.6 Å². The minimum Gasteiger partial charge on any atom is -0.341 e. The van der Waals surface area contributed by atoms with Crippen LogP contribution in [-0.2, 0) is 0 Å². The fourth-order valence-corrected chi connectivity index (χ4v) is 1.69. The molecule has 2 amide bonds. The minimum absolute atomic E-state index is 0.253. The first-order valence-electron chi connectivity index (χ1n) is 6.33. The molecule has 1 aromatic rings. The first-order valence-corrected chi connectivity index (χ1v) is 6.71. The average Bonchev–Trinajstić information content (AvgIpc) is 3.24. The zero-order chi connectivity index (χ0) is 14.5. The number of anilines is 1. The van der Waals surface area contributed by atoms with E-state index in [0.29, 0.717) is 23.2 Å². The molecule has 0 atom stereocenters. The number of hydrogen-bond acceptors (Lipinski definition) is 2. The second-order valence-electron chi connectivity index (χ2n) is 4.59. The number of benzene rings is 1. The van der Waals surface area contributed by atoms with Crippen molar-refractivity contribution < 1.29 is 9.18 Å². The van der Waals surface area contributed by atoms with Gasteiger partial charge in [-0.2, -0.15) is 0 Å². The number of aliphatic imine (C=N–C) groups is 1. The van der Waals surface area contributed by atoms with E-state index in [1.807, 2.05) is 0 Å². The number of nitrogens with zero attached hydrogens (tertiary/aromatic N) is 1. The van der Waals surface area contributed by atoms with Gasteiger partial charge in [0.2, 0.25) is 5.96 Å². The smallest absolute Gasteiger partial charge is 0.321 e.